The highest BCUT2D eigenvalue weighted by atomic mass is 79.9. The van der Waals surface area contributed by atoms with Crippen LogP contribution in [0.15, 0.2) is 22.7 Å². The van der Waals surface area contributed by atoms with Crippen molar-refractivity contribution < 1.29 is 9.84 Å². The second-order valence-corrected chi connectivity index (χ2v) is 5.03. The molecule has 0 fully saturated rings. The van der Waals surface area contributed by atoms with Gasteiger partial charge in [0.05, 0.1) is 17.7 Å². The van der Waals surface area contributed by atoms with E-state index >= 15 is 0 Å². The van der Waals surface area contributed by atoms with Crippen LogP contribution in [-0.4, -0.2) is 24.2 Å². The molecule has 1 rings (SSSR count). The van der Waals surface area contributed by atoms with Gasteiger partial charge >= 0.3 is 0 Å². The Balaban J connectivity index is 2.73. The van der Waals surface area contributed by atoms with Crippen molar-refractivity contribution in [1.29, 1.82) is 0 Å². The van der Waals surface area contributed by atoms with Crippen LogP contribution in [-0.2, 0) is 0 Å². The van der Waals surface area contributed by atoms with Gasteiger partial charge in [0.1, 0.15) is 5.75 Å². The summed E-state index contributed by atoms with van der Waals surface area (Å²) in [7, 11) is 1.63. The molecule has 1 N–H and O–H groups in total. The lowest BCUT2D eigenvalue weighted by atomic mass is 10.1. The summed E-state index contributed by atoms with van der Waals surface area (Å²) in [6.45, 7) is 0. The van der Waals surface area contributed by atoms with Crippen molar-refractivity contribution >= 4 is 27.7 Å². The number of halogens is 1. The molecular formula is C11H15BrO2S. The first kappa shape index (κ1) is 12.9. The summed E-state index contributed by atoms with van der Waals surface area (Å²) in [6, 6.07) is 5.67. The van der Waals surface area contributed by atoms with Crippen LogP contribution in [0.3, 0.4) is 0 Å². The van der Waals surface area contributed by atoms with E-state index in [0.717, 1.165) is 28.0 Å². The van der Waals surface area contributed by atoms with Crippen molar-refractivity contribution in [1.82, 2.24) is 0 Å². The summed E-state index contributed by atoms with van der Waals surface area (Å²) < 4.78 is 6.01. The number of thioether (sulfide) groups is 1. The van der Waals surface area contributed by atoms with E-state index in [9.17, 15) is 5.11 Å². The number of aliphatic hydroxyl groups is 1. The predicted octanol–water partition coefficient (Wildman–Crippen LogP) is 3.24. The van der Waals surface area contributed by atoms with E-state index in [2.05, 4.69) is 15.9 Å². The summed E-state index contributed by atoms with van der Waals surface area (Å²) in [6.07, 6.45) is 2.43. The van der Waals surface area contributed by atoms with Gasteiger partial charge in [-0.3, -0.25) is 0 Å². The third-order valence-electron chi connectivity index (χ3n) is 2.16. The van der Waals surface area contributed by atoms with Crippen LogP contribution in [0.1, 0.15) is 18.1 Å². The van der Waals surface area contributed by atoms with Gasteiger partial charge < -0.3 is 9.84 Å². The average molecular weight is 291 g/mol. The summed E-state index contributed by atoms with van der Waals surface area (Å²) in [5.74, 6) is 1.75. The molecule has 84 valence electrons. The van der Waals surface area contributed by atoms with Gasteiger partial charge in [-0.25, -0.2) is 0 Å². The fraction of sp³-hybridized carbons (Fsp3) is 0.455. The molecule has 0 saturated heterocycles. The Morgan fingerprint density at radius 1 is 1.53 bits per heavy atom. The fourth-order valence-corrected chi connectivity index (χ4v) is 2.30. The molecule has 0 aliphatic carbocycles. The van der Waals surface area contributed by atoms with Crippen molar-refractivity contribution in [3.8, 4) is 5.75 Å². The number of hydrogen-bond acceptors (Lipinski definition) is 3. The summed E-state index contributed by atoms with van der Waals surface area (Å²) in [4.78, 5) is 0. The molecule has 0 amide bonds. The smallest absolute Gasteiger partial charge is 0.133 e. The standard InChI is InChI=1S/C11H15BrO2S/c1-14-11-4-3-8(7-9(11)12)10(13)5-6-15-2/h3-4,7,10,13H,5-6H2,1-2H3. The molecule has 15 heavy (non-hydrogen) atoms. The number of hydrogen-bond donors (Lipinski definition) is 1. The van der Waals surface area contributed by atoms with Gasteiger partial charge in [-0.2, -0.15) is 11.8 Å². The molecule has 1 aromatic carbocycles. The largest absolute Gasteiger partial charge is 0.496 e. The maximum Gasteiger partial charge on any atom is 0.133 e. The first-order chi connectivity index (χ1) is 7.19. The molecule has 0 aliphatic heterocycles. The maximum atomic E-state index is 9.86. The van der Waals surface area contributed by atoms with E-state index < -0.39 is 0 Å². The van der Waals surface area contributed by atoms with Crippen molar-refractivity contribution in [3.05, 3.63) is 28.2 Å². The molecule has 0 bridgehead atoms. The Morgan fingerprint density at radius 3 is 2.80 bits per heavy atom. The quantitative estimate of drug-likeness (QED) is 0.903. The first-order valence-corrected chi connectivity index (χ1v) is 6.88. The van der Waals surface area contributed by atoms with E-state index in [1.165, 1.54) is 0 Å². The molecule has 0 heterocycles. The van der Waals surface area contributed by atoms with Gasteiger partial charge in [0.2, 0.25) is 0 Å². The van der Waals surface area contributed by atoms with E-state index in [1.54, 1.807) is 18.9 Å². The highest BCUT2D eigenvalue weighted by Gasteiger charge is 2.09. The summed E-state index contributed by atoms with van der Waals surface area (Å²) in [5.41, 5.74) is 0.928. The lowest BCUT2D eigenvalue weighted by molar-refractivity contribution is 0.175. The van der Waals surface area contributed by atoms with Crippen LogP contribution in [0.5, 0.6) is 5.75 Å². The van der Waals surface area contributed by atoms with Gasteiger partial charge in [0.25, 0.3) is 0 Å². The third-order valence-corrected chi connectivity index (χ3v) is 3.42. The van der Waals surface area contributed by atoms with Gasteiger partial charge in [0.15, 0.2) is 0 Å². The zero-order chi connectivity index (χ0) is 11.3. The lowest BCUT2D eigenvalue weighted by Gasteiger charge is -2.12. The summed E-state index contributed by atoms with van der Waals surface area (Å²) >= 11 is 5.14. The minimum absolute atomic E-state index is 0.389. The molecular weight excluding hydrogens is 276 g/mol. The highest BCUT2D eigenvalue weighted by Crippen LogP contribution is 2.29. The van der Waals surface area contributed by atoms with Crippen LogP contribution < -0.4 is 4.74 Å². The van der Waals surface area contributed by atoms with E-state index in [4.69, 9.17) is 4.74 Å². The Bertz CT molecular complexity index is 317. The minimum Gasteiger partial charge on any atom is -0.496 e. The van der Waals surface area contributed by atoms with E-state index in [1.807, 2.05) is 24.5 Å². The lowest BCUT2D eigenvalue weighted by Crippen LogP contribution is -1.99. The number of methoxy groups -OCH3 is 1. The van der Waals surface area contributed by atoms with Gasteiger partial charge in [-0.15, -0.1) is 0 Å². The van der Waals surface area contributed by atoms with Crippen molar-refractivity contribution in [3.63, 3.8) is 0 Å². The van der Waals surface area contributed by atoms with Crippen LogP contribution in [0.4, 0.5) is 0 Å². The third kappa shape index (κ3) is 3.70. The second-order valence-electron chi connectivity index (χ2n) is 3.19. The zero-order valence-corrected chi connectivity index (χ0v) is 11.3. The minimum atomic E-state index is -0.389. The SMILES string of the molecule is COc1ccc(C(O)CCSC)cc1Br. The molecule has 0 aromatic heterocycles. The van der Waals surface area contributed by atoms with Crippen LogP contribution >= 0.6 is 27.7 Å². The average Bonchev–Trinajstić information content (AvgIpc) is 2.25. The maximum absolute atomic E-state index is 9.86. The Labute approximate surface area is 103 Å². The molecule has 0 spiro atoms. The number of benzene rings is 1. The summed E-state index contributed by atoms with van der Waals surface area (Å²) in [5, 5.41) is 9.86. The topological polar surface area (TPSA) is 29.5 Å². The Kier molecular flexibility index (Phi) is 5.50. The van der Waals surface area contributed by atoms with Crippen LogP contribution in [0, 0.1) is 0 Å². The van der Waals surface area contributed by atoms with Crippen LogP contribution in [0.25, 0.3) is 0 Å². The van der Waals surface area contributed by atoms with Gasteiger partial charge in [-0.1, -0.05) is 6.07 Å². The normalized spacial score (nSPS) is 12.5. The second kappa shape index (κ2) is 6.40. The predicted molar refractivity (Wildman–Crippen MR) is 68.7 cm³/mol. The number of ether oxygens (including phenoxy) is 1. The van der Waals surface area contributed by atoms with Crippen molar-refractivity contribution in [2.45, 2.75) is 12.5 Å². The monoisotopic (exact) mass is 290 g/mol. The Hall–Kier alpha value is -0.190. The zero-order valence-electron chi connectivity index (χ0n) is 8.87. The molecule has 0 saturated carbocycles. The number of aliphatic hydroxyl groups excluding tert-OH is 1. The molecule has 2 nitrogen and oxygen atoms in total. The molecule has 1 atom stereocenters. The molecule has 1 unspecified atom stereocenters. The molecule has 0 radical (unpaired) electrons. The van der Waals surface area contributed by atoms with Crippen LogP contribution in [0.2, 0.25) is 0 Å². The van der Waals surface area contributed by atoms with Gasteiger partial charge in [0, 0.05) is 0 Å². The van der Waals surface area contributed by atoms with Gasteiger partial charge in [-0.05, 0) is 52.1 Å². The highest BCUT2D eigenvalue weighted by molar-refractivity contribution is 9.10. The molecule has 0 aliphatic rings. The fourth-order valence-electron chi connectivity index (χ4n) is 1.29. The van der Waals surface area contributed by atoms with Crippen molar-refractivity contribution in [2.24, 2.45) is 0 Å². The van der Waals surface area contributed by atoms with Crippen molar-refractivity contribution in [2.75, 3.05) is 19.1 Å². The number of rotatable bonds is 5. The Morgan fingerprint density at radius 2 is 2.27 bits per heavy atom. The first-order valence-electron chi connectivity index (χ1n) is 4.69. The molecule has 1 aromatic rings. The molecule has 4 heteroatoms. The van der Waals surface area contributed by atoms with E-state index in [0.29, 0.717) is 0 Å². The van der Waals surface area contributed by atoms with E-state index in [-0.39, 0.29) is 6.10 Å².